The molecule has 76 valence electrons. The van der Waals surface area contributed by atoms with Gasteiger partial charge in [0.05, 0.1) is 12.6 Å². The van der Waals surface area contributed by atoms with E-state index >= 15 is 0 Å². The lowest BCUT2D eigenvalue weighted by atomic mass is 10.4. The largest absolute Gasteiger partial charge is 0.421 e. The van der Waals surface area contributed by atoms with Crippen molar-refractivity contribution < 1.29 is 4.42 Å². The number of nitrogens with zero attached hydrogens (tertiary/aromatic N) is 3. The van der Waals surface area contributed by atoms with Crippen LogP contribution < -0.4 is 5.76 Å². The van der Waals surface area contributed by atoms with Crippen molar-refractivity contribution in [2.45, 2.75) is 11.9 Å². The number of fused-ring (bicyclic) bond motifs is 1. The van der Waals surface area contributed by atoms with Gasteiger partial charge in [0, 0.05) is 6.20 Å². The van der Waals surface area contributed by atoms with E-state index < -0.39 is 11.1 Å². The Kier molecular flexibility index (Phi) is 2.44. The molecule has 0 radical (unpaired) electrons. The first-order valence-corrected chi connectivity index (χ1v) is 4.64. The average Bonchev–Trinajstić information content (AvgIpc) is 2.55. The van der Waals surface area contributed by atoms with Gasteiger partial charge in [0.15, 0.2) is 11.2 Å². The van der Waals surface area contributed by atoms with E-state index in [1.807, 2.05) is 6.07 Å². The smallest absolute Gasteiger partial charge is 0.406 e. The Balaban J connectivity index is 2.55. The third kappa shape index (κ3) is 1.72. The lowest BCUT2D eigenvalue weighted by Gasteiger charge is -1.99. The summed E-state index contributed by atoms with van der Waals surface area (Å²) in [6.07, 6.45) is 1.55. The predicted octanol–water partition coefficient (Wildman–Crippen LogP) is 1.12. The molecule has 0 amide bonds. The highest BCUT2D eigenvalue weighted by atomic mass is 35.5. The Morgan fingerprint density at radius 2 is 2.53 bits per heavy atom. The van der Waals surface area contributed by atoms with Gasteiger partial charge in [-0.05, 0) is 12.1 Å². The van der Waals surface area contributed by atoms with Crippen LogP contribution in [0.5, 0.6) is 0 Å². The number of nitriles is 1. The van der Waals surface area contributed by atoms with E-state index in [9.17, 15) is 4.79 Å². The summed E-state index contributed by atoms with van der Waals surface area (Å²) in [5, 5.41) is 7.78. The second kappa shape index (κ2) is 3.75. The minimum absolute atomic E-state index is 0.0703. The lowest BCUT2D eigenvalue weighted by molar-refractivity contribution is 0.508. The first kappa shape index (κ1) is 9.74. The van der Waals surface area contributed by atoms with Crippen LogP contribution in [-0.4, -0.2) is 14.9 Å². The minimum Gasteiger partial charge on any atom is -0.406 e. The number of rotatable bonds is 2. The number of oxazole rings is 1. The first-order valence-electron chi connectivity index (χ1n) is 4.20. The van der Waals surface area contributed by atoms with Crippen LogP contribution >= 0.6 is 11.6 Å². The van der Waals surface area contributed by atoms with Crippen molar-refractivity contribution in [1.82, 2.24) is 9.55 Å². The molecule has 0 bridgehead atoms. The van der Waals surface area contributed by atoms with E-state index in [0.29, 0.717) is 11.2 Å². The summed E-state index contributed by atoms with van der Waals surface area (Å²) in [6, 6.07) is 5.13. The Hall–Kier alpha value is -1.80. The molecule has 1 atom stereocenters. The van der Waals surface area contributed by atoms with Crippen molar-refractivity contribution in [2.24, 2.45) is 0 Å². The number of alkyl halides is 1. The highest BCUT2D eigenvalue weighted by Crippen LogP contribution is 2.10. The summed E-state index contributed by atoms with van der Waals surface area (Å²) in [5.74, 6) is -0.551. The second-order valence-corrected chi connectivity index (χ2v) is 3.43. The predicted molar refractivity (Wildman–Crippen MR) is 53.5 cm³/mol. The molecule has 15 heavy (non-hydrogen) atoms. The topological polar surface area (TPSA) is 71.8 Å². The fourth-order valence-electron chi connectivity index (χ4n) is 1.26. The van der Waals surface area contributed by atoms with Crippen LogP contribution in [0.15, 0.2) is 27.5 Å². The van der Waals surface area contributed by atoms with E-state index in [4.69, 9.17) is 21.3 Å². The Morgan fingerprint density at radius 1 is 1.73 bits per heavy atom. The Morgan fingerprint density at radius 3 is 3.27 bits per heavy atom. The number of hydrogen-bond acceptors (Lipinski definition) is 4. The fraction of sp³-hybridized carbons (Fsp3) is 0.222. The van der Waals surface area contributed by atoms with Gasteiger partial charge in [0.1, 0.15) is 5.38 Å². The van der Waals surface area contributed by atoms with E-state index in [1.165, 1.54) is 4.57 Å². The van der Waals surface area contributed by atoms with E-state index in [0.717, 1.165) is 0 Å². The molecule has 2 heterocycles. The van der Waals surface area contributed by atoms with Gasteiger partial charge in [-0.1, -0.05) is 0 Å². The van der Waals surface area contributed by atoms with E-state index in [1.54, 1.807) is 18.3 Å². The van der Waals surface area contributed by atoms with Crippen molar-refractivity contribution >= 4 is 22.8 Å². The number of halogens is 1. The third-order valence-corrected chi connectivity index (χ3v) is 2.14. The Bertz CT molecular complexity index is 581. The van der Waals surface area contributed by atoms with Crippen LogP contribution in [0.1, 0.15) is 0 Å². The van der Waals surface area contributed by atoms with Crippen LogP contribution in [-0.2, 0) is 6.54 Å². The van der Waals surface area contributed by atoms with Gasteiger partial charge in [0.25, 0.3) is 0 Å². The molecule has 1 unspecified atom stereocenters. The zero-order valence-electron chi connectivity index (χ0n) is 7.55. The standard InChI is InChI=1S/C9H6ClN3O2/c10-6(4-11)5-13-8-7(15-9(13)14)2-1-3-12-8/h1-3,6H,5H2. The van der Waals surface area contributed by atoms with Crippen LogP contribution in [0.3, 0.4) is 0 Å². The zero-order chi connectivity index (χ0) is 10.8. The molecular formula is C9H6ClN3O2. The zero-order valence-corrected chi connectivity index (χ0v) is 8.31. The monoisotopic (exact) mass is 223 g/mol. The van der Waals surface area contributed by atoms with Crippen molar-refractivity contribution in [1.29, 1.82) is 5.26 Å². The molecule has 6 heteroatoms. The molecule has 0 spiro atoms. The fourth-order valence-corrected chi connectivity index (χ4v) is 1.40. The molecule has 2 aromatic heterocycles. The molecule has 0 saturated heterocycles. The molecule has 0 N–H and O–H groups in total. The number of pyridine rings is 1. The molecule has 0 aliphatic rings. The van der Waals surface area contributed by atoms with Gasteiger partial charge in [-0.2, -0.15) is 5.26 Å². The molecule has 2 aromatic rings. The average molecular weight is 224 g/mol. The molecule has 0 aliphatic heterocycles. The summed E-state index contributed by atoms with van der Waals surface area (Å²) in [7, 11) is 0. The molecule has 0 aromatic carbocycles. The maximum atomic E-state index is 11.4. The first-order chi connectivity index (χ1) is 7.22. The van der Waals surface area contributed by atoms with Crippen LogP contribution in [0.2, 0.25) is 0 Å². The van der Waals surface area contributed by atoms with Gasteiger partial charge < -0.3 is 4.42 Å². The normalized spacial score (nSPS) is 12.5. The van der Waals surface area contributed by atoms with E-state index in [-0.39, 0.29) is 6.54 Å². The molecule has 2 rings (SSSR count). The summed E-state index contributed by atoms with van der Waals surface area (Å²) in [6.45, 7) is 0.0703. The molecule has 0 aliphatic carbocycles. The van der Waals surface area contributed by atoms with Crippen LogP contribution in [0.4, 0.5) is 0 Å². The van der Waals surface area contributed by atoms with E-state index in [2.05, 4.69) is 4.98 Å². The van der Waals surface area contributed by atoms with Gasteiger partial charge in [0.2, 0.25) is 0 Å². The number of hydrogen-bond donors (Lipinski definition) is 0. The maximum absolute atomic E-state index is 11.4. The van der Waals surface area contributed by atoms with Crippen LogP contribution in [0.25, 0.3) is 11.2 Å². The summed E-state index contributed by atoms with van der Waals surface area (Å²) in [5.41, 5.74) is 0.799. The molecule has 5 nitrogen and oxygen atoms in total. The second-order valence-electron chi connectivity index (χ2n) is 2.90. The van der Waals surface area contributed by atoms with Crippen molar-refractivity contribution in [2.75, 3.05) is 0 Å². The number of aromatic nitrogens is 2. The van der Waals surface area contributed by atoms with Gasteiger partial charge >= 0.3 is 5.76 Å². The molecule has 0 fully saturated rings. The van der Waals surface area contributed by atoms with Gasteiger partial charge in [-0.15, -0.1) is 11.6 Å². The van der Waals surface area contributed by atoms with Crippen molar-refractivity contribution in [3.8, 4) is 6.07 Å². The quantitative estimate of drug-likeness (QED) is 0.716. The maximum Gasteiger partial charge on any atom is 0.421 e. The lowest BCUT2D eigenvalue weighted by Crippen LogP contribution is -2.19. The SMILES string of the molecule is N#CC(Cl)Cn1c(=O)oc2cccnc21. The summed E-state index contributed by atoms with van der Waals surface area (Å²) in [4.78, 5) is 15.4. The molecular weight excluding hydrogens is 218 g/mol. The Labute approximate surface area is 89.5 Å². The van der Waals surface area contributed by atoms with Gasteiger partial charge in [-0.25, -0.2) is 9.78 Å². The highest BCUT2D eigenvalue weighted by molar-refractivity contribution is 6.22. The molecule has 0 saturated carbocycles. The van der Waals surface area contributed by atoms with Crippen LogP contribution in [0, 0.1) is 11.3 Å². The van der Waals surface area contributed by atoms with Gasteiger partial charge in [-0.3, -0.25) is 4.57 Å². The summed E-state index contributed by atoms with van der Waals surface area (Å²) < 4.78 is 6.17. The summed E-state index contributed by atoms with van der Waals surface area (Å²) >= 11 is 5.64. The minimum atomic E-state index is -0.773. The van der Waals surface area contributed by atoms with Crippen molar-refractivity contribution in [3.05, 3.63) is 28.9 Å². The highest BCUT2D eigenvalue weighted by Gasteiger charge is 2.13. The third-order valence-electron chi connectivity index (χ3n) is 1.91. The van der Waals surface area contributed by atoms with Crippen molar-refractivity contribution in [3.63, 3.8) is 0 Å².